The lowest BCUT2D eigenvalue weighted by molar-refractivity contribution is -0.115. The van der Waals surface area contributed by atoms with Crippen LogP contribution in [0.5, 0.6) is 0 Å². The first-order valence-corrected chi connectivity index (χ1v) is 9.13. The maximum atomic E-state index is 12.0. The number of rotatable bonds is 4. The summed E-state index contributed by atoms with van der Waals surface area (Å²) in [6.07, 6.45) is 5.44. The fraction of sp³-hybridized carbons (Fsp3) is 0.474. The Morgan fingerprint density at radius 3 is 2.89 bits per heavy atom. The van der Waals surface area contributed by atoms with Crippen LogP contribution >= 0.6 is 0 Å². The van der Waals surface area contributed by atoms with E-state index in [0.717, 1.165) is 25.0 Å². The normalized spacial score (nSPS) is 19.7. The molecule has 1 amide bonds. The molecule has 1 saturated heterocycles. The molecular formula is C19H25N5O3. The van der Waals surface area contributed by atoms with Gasteiger partial charge in [-0.25, -0.2) is 9.97 Å². The first-order chi connectivity index (χ1) is 12.9. The lowest BCUT2D eigenvalue weighted by Crippen LogP contribution is -2.43. The Kier molecular flexibility index (Phi) is 4.53. The van der Waals surface area contributed by atoms with E-state index < -0.39 is 5.60 Å². The van der Waals surface area contributed by atoms with Crippen molar-refractivity contribution in [2.24, 2.45) is 0 Å². The van der Waals surface area contributed by atoms with Gasteiger partial charge in [-0.05, 0) is 38.8 Å². The monoisotopic (exact) mass is 371 g/mol. The van der Waals surface area contributed by atoms with Crippen LogP contribution in [0.2, 0.25) is 0 Å². The number of amides is 1. The molecule has 27 heavy (non-hydrogen) atoms. The molecule has 0 aromatic carbocycles. The molecule has 0 unspecified atom stereocenters. The van der Waals surface area contributed by atoms with E-state index in [-0.39, 0.29) is 20.0 Å². The van der Waals surface area contributed by atoms with Gasteiger partial charge in [0.05, 0.1) is 30.2 Å². The summed E-state index contributed by atoms with van der Waals surface area (Å²) < 4.78 is 5.71. The highest BCUT2D eigenvalue weighted by Crippen LogP contribution is 2.30. The quantitative estimate of drug-likeness (QED) is 0.847. The summed E-state index contributed by atoms with van der Waals surface area (Å²) in [7, 11) is 0. The number of carbonyl (C=O) groups excluding carboxylic acids is 1. The van der Waals surface area contributed by atoms with E-state index in [1.807, 2.05) is 11.0 Å². The predicted octanol–water partition coefficient (Wildman–Crippen LogP) is 1.95. The average Bonchev–Trinajstić information content (AvgIpc) is 3.14. The van der Waals surface area contributed by atoms with E-state index in [1.54, 1.807) is 32.3 Å². The highest BCUT2D eigenvalue weighted by Gasteiger charge is 2.29. The summed E-state index contributed by atoms with van der Waals surface area (Å²) in [6.45, 7) is 5.01. The lowest BCUT2D eigenvalue weighted by Gasteiger charge is -2.30. The molecule has 2 aromatic heterocycles. The summed E-state index contributed by atoms with van der Waals surface area (Å²) in [5.74, 6) is 1.02. The van der Waals surface area contributed by atoms with Gasteiger partial charge in [0.15, 0.2) is 11.6 Å². The number of carbonyl (C=O) groups is 1. The molecule has 8 nitrogen and oxygen atoms in total. The number of aliphatic hydroxyl groups is 1. The van der Waals surface area contributed by atoms with Crippen LogP contribution in [0.1, 0.15) is 33.8 Å². The minimum atomic E-state index is -0.998. The zero-order valence-corrected chi connectivity index (χ0v) is 15.5. The maximum absolute atomic E-state index is 12.0. The van der Waals surface area contributed by atoms with Gasteiger partial charge in [-0.1, -0.05) is 0 Å². The topological polar surface area (TPSA) is 100 Å². The van der Waals surface area contributed by atoms with Gasteiger partial charge >= 0.3 is 0 Å². The van der Waals surface area contributed by atoms with Crippen molar-refractivity contribution in [3.63, 3.8) is 0 Å². The van der Waals surface area contributed by atoms with Crippen molar-refractivity contribution >= 4 is 17.5 Å². The van der Waals surface area contributed by atoms with E-state index in [4.69, 9.17) is 9.72 Å². The van der Waals surface area contributed by atoms with Crippen LogP contribution in [0.25, 0.3) is 11.3 Å². The molecule has 1 fully saturated rings. The fourth-order valence-electron chi connectivity index (χ4n) is 3.34. The van der Waals surface area contributed by atoms with Crippen molar-refractivity contribution in [3.05, 3.63) is 30.2 Å². The predicted molar refractivity (Wildman–Crippen MR) is 102 cm³/mol. The maximum Gasteiger partial charge on any atom is 0.245 e. The molecule has 2 N–H and O–H groups in total. The molecule has 1 atom stereocenters. The number of anilines is 2. The van der Waals surface area contributed by atoms with Crippen molar-refractivity contribution in [2.45, 2.75) is 38.4 Å². The Labute approximate surface area is 159 Å². The molecular weight excluding hydrogens is 346 g/mol. The third-order valence-electron chi connectivity index (χ3n) is 4.78. The van der Waals surface area contributed by atoms with Gasteiger partial charge < -0.3 is 20.1 Å². The van der Waals surface area contributed by atoms with Crippen molar-refractivity contribution < 1.29 is 16.1 Å². The number of nitrogens with zero attached hydrogens (tertiary/aromatic N) is 4. The van der Waals surface area contributed by atoms with Gasteiger partial charge in [0.2, 0.25) is 5.91 Å². The summed E-state index contributed by atoms with van der Waals surface area (Å²) in [4.78, 5) is 27.4. The molecule has 4 rings (SSSR count). The molecule has 2 aliphatic heterocycles. The van der Waals surface area contributed by atoms with Gasteiger partial charge in [0, 0.05) is 26.3 Å². The second-order valence-corrected chi connectivity index (χ2v) is 7.48. The number of fused-ring (bicyclic) bond motifs is 1. The molecule has 0 saturated carbocycles. The Morgan fingerprint density at radius 1 is 1.37 bits per heavy atom. The minimum Gasteiger partial charge on any atom is -0.384 e. The molecule has 0 spiro atoms. The van der Waals surface area contributed by atoms with Crippen molar-refractivity contribution in [2.75, 3.05) is 29.9 Å². The van der Waals surface area contributed by atoms with Crippen LogP contribution < -0.4 is 10.2 Å². The Balaban J connectivity index is 0.00000225. The zero-order valence-electron chi connectivity index (χ0n) is 15.5. The van der Waals surface area contributed by atoms with Crippen LogP contribution in [0.3, 0.4) is 0 Å². The third kappa shape index (κ3) is 3.77. The number of hydrogen-bond donors (Lipinski definition) is 2. The summed E-state index contributed by atoms with van der Waals surface area (Å²) in [5.41, 5.74) is 1.05. The SMILES string of the molecule is CC(C)(O)c1ccc(-c2cnc3c(n2)N(C[C@H]2CCCO2)CC(=O)N3)cn1.[HH]. The van der Waals surface area contributed by atoms with Gasteiger partial charge in [-0.3, -0.25) is 9.78 Å². The van der Waals surface area contributed by atoms with Crippen LogP contribution in [-0.2, 0) is 15.1 Å². The lowest BCUT2D eigenvalue weighted by atomic mass is 10.0. The first-order valence-electron chi connectivity index (χ1n) is 9.13. The van der Waals surface area contributed by atoms with E-state index in [1.165, 1.54) is 0 Å². The molecule has 144 valence electrons. The molecule has 0 radical (unpaired) electrons. The van der Waals surface area contributed by atoms with Crippen molar-refractivity contribution in [3.8, 4) is 11.3 Å². The van der Waals surface area contributed by atoms with Gasteiger partial charge in [-0.15, -0.1) is 0 Å². The number of pyridine rings is 1. The highest BCUT2D eigenvalue weighted by molar-refractivity contribution is 5.99. The van der Waals surface area contributed by atoms with Crippen LogP contribution in [0, 0.1) is 0 Å². The Bertz CT molecular complexity index is 848. The number of nitrogens with one attached hydrogen (secondary N) is 1. The van der Waals surface area contributed by atoms with Gasteiger partial charge in [-0.2, -0.15) is 0 Å². The number of ether oxygens (including phenoxy) is 1. The first kappa shape index (κ1) is 17.8. The summed E-state index contributed by atoms with van der Waals surface area (Å²) in [6, 6.07) is 3.64. The highest BCUT2D eigenvalue weighted by atomic mass is 16.5. The molecule has 8 heteroatoms. The van der Waals surface area contributed by atoms with E-state index in [0.29, 0.717) is 29.6 Å². The Hall–Kier alpha value is -2.58. The number of aromatic nitrogens is 3. The Morgan fingerprint density at radius 2 is 2.22 bits per heavy atom. The third-order valence-corrected chi connectivity index (χ3v) is 4.78. The zero-order chi connectivity index (χ0) is 19.0. The number of hydrogen-bond acceptors (Lipinski definition) is 7. The molecule has 0 aliphatic carbocycles. The molecule has 0 bridgehead atoms. The smallest absolute Gasteiger partial charge is 0.245 e. The minimum absolute atomic E-state index is 0. The van der Waals surface area contributed by atoms with E-state index in [2.05, 4.69) is 15.3 Å². The average molecular weight is 371 g/mol. The van der Waals surface area contributed by atoms with Crippen LogP contribution in [-0.4, -0.2) is 51.8 Å². The van der Waals surface area contributed by atoms with Crippen LogP contribution in [0.15, 0.2) is 24.5 Å². The van der Waals surface area contributed by atoms with Crippen LogP contribution in [0.4, 0.5) is 11.6 Å². The fourth-order valence-corrected chi connectivity index (χ4v) is 3.34. The van der Waals surface area contributed by atoms with Crippen molar-refractivity contribution in [1.29, 1.82) is 0 Å². The standard InChI is InChI=1S/C19H23N5O3.H2/c1-19(2,26)15-6-5-12(8-20-15)14-9-21-17-18(22-14)24(11-16(25)23-17)10-13-4-3-7-27-13;/h5-6,8-9,13,26H,3-4,7,10-11H2,1-2H3,(H,21,23,25);1H/t13-;/m1./s1. The molecule has 4 heterocycles. The molecule has 2 aromatic rings. The van der Waals surface area contributed by atoms with Gasteiger partial charge in [0.1, 0.15) is 5.60 Å². The second kappa shape index (κ2) is 6.86. The van der Waals surface area contributed by atoms with Gasteiger partial charge in [0.25, 0.3) is 0 Å². The van der Waals surface area contributed by atoms with Crippen molar-refractivity contribution in [1.82, 2.24) is 15.0 Å². The van der Waals surface area contributed by atoms with E-state index in [9.17, 15) is 9.90 Å². The summed E-state index contributed by atoms with van der Waals surface area (Å²) >= 11 is 0. The second-order valence-electron chi connectivity index (χ2n) is 7.48. The molecule has 2 aliphatic rings. The van der Waals surface area contributed by atoms with E-state index >= 15 is 0 Å². The summed E-state index contributed by atoms with van der Waals surface area (Å²) in [5, 5.41) is 12.8. The largest absolute Gasteiger partial charge is 0.384 e.